The monoisotopic (exact) mass is 305 g/mol. The van der Waals surface area contributed by atoms with Gasteiger partial charge in [-0.1, -0.05) is 12.1 Å². The van der Waals surface area contributed by atoms with Gasteiger partial charge in [0, 0.05) is 12.6 Å². The molecule has 118 valence electrons. The van der Waals surface area contributed by atoms with Gasteiger partial charge in [-0.15, -0.1) is 0 Å². The number of hydrogen-bond acceptors (Lipinski definition) is 4. The standard InChI is InChI=1S/C16H19NO5/c1-2-21-13-6-3-12(4-7-13)5-8-15(18)17-9-10-22-14(11-17)16(19)20/h3-8,14H,2,9-11H2,1H3,(H,19,20)/b8-5+. The van der Waals surface area contributed by atoms with Crippen molar-refractivity contribution in [1.82, 2.24) is 4.90 Å². The number of aliphatic carboxylic acids is 1. The van der Waals surface area contributed by atoms with Crippen LogP contribution in [-0.4, -0.2) is 54.3 Å². The maximum absolute atomic E-state index is 12.1. The number of nitrogens with zero attached hydrogens (tertiary/aromatic N) is 1. The van der Waals surface area contributed by atoms with Crippen LogP contribution in [0.5, 0.6) is 5.75 Å². The summed E-state index contributed by atoms with van der Waals surface area (Å²) in [6, 6.07) is 7.38. The molecule has 6 nitrogen and oxygen atoms in total. The van der Waals surface area contributed by atoms with Crippen LogP contribution in [0.15, 0.2) is 30.3 Å². The first-order valence-electron chi connectivity index (χ1n) is 7.14. The van der Waals surface area contributed by atoms with Crippen LogP contribution in [0, 0.1) is 0 Å². The van der Waals surface area contributed by atoms with Crippen LogP contribution in [0.2, 0.25) is 0 Å². The summed E-state index contributed by atoms with van der Waals surface area (Å²) in [5.41, 5.74) is 0.875. The van der Waals surface area contributed by atoms with Gasteiger partial charge < -0.3 is 19.5 Å². The smallest absolute Gasteiger partial charge is 0.334 e. The number of rotatable bonds is 5. The Morgan fingerprint density at radius 2 is 2.14 bits per heavy atom. The van der Waals surface area contributed by atoms with Gasteiger partial charge in [-0.25, -0.2) is 4.79 Å². The van der Waals surface area contributed by atoms with Gasteiger partial charge in [0.25, 0.3) is 0 Å². The van der Waals surface area contributed by atoms with Gasteiger partial charge >= 0.3 is 5.97 Å². The minimum Gasteiger partial charge on any atom is -0.494 e. The fourth-order valence-electron chi connectivity index (χ4n) is 2.11. The van der Waals surface area contributed by atoms with Crippen molar-refractivity contribution >= 4 is 18.0 Å². The molecule has 1 saturated heterocycles. The van der Waals surface area contributed by atoms with Crippen LogP contribution in [0.4, 0.5) is 0 Å². The summed E-state index contributed by atoms with van der Waals surface area (Å²) in [6.45, 7) is 3.23. The highest BCUT2D eigenvalue weighted by atomic mass is 16.5. The van der Waals surface area contributed by atoms with E-state index in [0.29, 0.717) is 13.2 Å². The van der Waals surface area contributed by atoms with Gasteiger partial charge in [-0.05, 0) is 30.7 Å². The van der Waals surface area contributed by atoms with Crippen LogP contribution >= 0.6 is 0 Å². The van der Waals surface area contributed by atoms with E-state index in [1.165, 1.54) is 11.0 Å². The highest BCUT2D eigenvalue weighted by Gasteiger charge is 2.27. The van der Waals surface area contributed by atoms with Crippen LogP contribution in [0.3, 0.4) is 0 Å². The van der Waals surface area contributed by atoms with E-state index in [2.05, 4.69) is 0 Å². The highest BCUT2D eigenvalue weighted by molar-refractivity contribution is 5.92. The minimum absolute atomic E-state index is 0.0712. The Morgan fingerprint density at radius 1 is 1.41 bits per heavy atom. The summed E-state index contributed by atoms with van der Waals surface area (Å²) in [7, 11) is 0. The Kier molecular flexibility index (Phi) is 5.55. The molecule has 1 heterocycles. The predicted octanol–water partition coefficient (Wildman–Crippen LogP) is 1.41. The SMILES string of the molecule is CCOc1ccc(/C=C/C(=O)N2CCOC(C(=O)O)C2)cc1. The molecule has 1 aliphatic rings. The third kappa shape index (κ3) is 4.33. The fraction of sp³-hybridized carbons (Fsp3) is 0.375. The first kappa shape index (κ1) is 16.0. The largest absolute Gasteiger partial charge is 0.494 e. The second-order valence-electron chi connectivity index (χ2n) is 4.82. The molecule has 0 saturated carbocycles. The van der Waals surface area contributed by atoms with E-state index in [4.69, 9.17) is 14.6 Å². The molecule has 0 aromatic heterocycles. The van der Waals surface area contributed by atoms with Gasteiger partial charge in [-0.3, -0.25) is 4.79 Å². The van der Waals surface area contributed by atoms with Crippen molar-refractivity contribution in [3.05, 3.63) is 35.9 Å². The van der Waals surface area contributed by atoms with E-state index in [1.54, 1.807) is 6.08 Å². The van der Waals surface area contributed by atoms with Gasteiger partial charge in [0.15, 0.2) is 6.10 Å². The third-order valence-electron chi connectivity index (χ3n) is 3.26. The number of amides is 1. The molecule has 1 atom stereocenters. The Labute approximate surface area is 128 Å². The number of hydrogen-bond donors (Lipinski definition) is 1. The van der Waals surface area contributed by atoms with E-state index in [9.17, 15) is 9.59 Å². The van der Waals surface area contributed by atoms with Crippen LogP contribution < -0.4 is 4.74 Å². The quantitative estimate of drug-likeness (QED) is 0.832. The number of morpholine rings is 1. The van der Waals surface area contributed by atoms with Gasteiger partial charge in [-0.2, -0.15) is 0 Å². The molecular weight excluding hydrogens is 286 g/mol. The molecule has 0 radical (unpaired) electrons. The molecule has 1 aliphatic heterocycles. The number of carboxylic acids is 1. The maximum atomic E-state index is 12.1. The number of benzene rings is 1. The molecule has 2 rings (SSSR count). The van der Waals surface area contributed by atoms with Crippen molar-refractivity contribution in [3.8, 4) is 5.75 Å². The zero-order chi connectivity index (χ0) is 15.9. The van der Waals surface area contributed by atoms with Gasteiger partial charge in [0.2, 0.25) is 5.91 Å². The topological polar surface area (TPSA) is 76.1 Å². The van der Waals surface area contributed by atoms with Crippen LogP contribution in [-0.2, 0) is 14.3 Å². The summed E-state index contributed by atoms with van der Waals surface area (Å²) >= 11 is 0. The molecular formula is C16H19NO5. The molecule has 0 bridgehead atoms. The molecule has 1 aromatic carbocycles. The van der Waals surface area contributed by atoms with E-state index in [1.807, 2.05) is 31.2 Å². The van der Waals surface area contributed by atoms with E-state index in [0.717, 1.165) is 11.3 Å². The lowest BCUT2D eigenvalue weighted by molar-refractivity contribution is -0.158. The summed E-state index contributed by atoms with van der Waals surface area (Å²) < 4.78 is 10.4. The second-order valence-corrected chi connectivity index (χ2v) is 4.82. The number of carboxylic acid groups (broad SMARTS) is 1. The van der Waals surface area contributed by atoms with Crippen molar-refractivity contribution in [3.63, 3.8) is 0 Å². The molecule has 22 heavy (non-hydrogen) atoms. The minimum atomic E-state index is -1.05. The van der Waals surface area contributed by atoms with Crippen molar-refractivity contribution in [2.45, 2.75) is 13.0 Å². The Morgan fingerprint density at radius 3 is 2.77 bits per heavy atom. The van der Waals surface area contributed by atoms with Crippen molar-refractivity contribution in [2.24, 2.45) is 0 Å². The molecule has 0 aliphatic carbocycles. The summed E-state index contributed by atoms with van der Waals surface area (Å²) in [4.78, 5) is 24.4. The maximum Gasteiger partial charge on any atom is 0.334 e. The average molecular weight is 305 g/mol. The molecule has 1 N–H and O–H groups in total. The van der Waals surface area contributed by atoms with Crippen molar-refractivity contribution in [2.75, 3.05) is 26.3 Å². The molecule has 1 amide bonds. The fourth-order valence-corrected chi connectivity index (χ4v) is 2.11. The summed E-state index contributed by atoms with van der Waals surface area (Å²) in [5.74, 6) is -0.486. The van der Waals surface area contributed by atoms with Gasteiger partial charge in [0.05, 0.1) is 19.8 Å². The van der Waals surface area contributed by atoms with Crippen molar-refractivity contribution in [1.29, 1.82) is 0 Å². The van der Waals surface area contributed by atoms with Crippen molar-refractivity contribution < 1.29 is 24.2 Å². The normalized spacial score (nSPS) is 18.4. The molecule has 1 aromatic rings. The van der Waals surface area contributed by atoms with Gasteiger partial charge in [0.1, 0.15) is 5.75 Å². The number of ether oxygens (including phenoxy) is 2. The van der Waals surface area contributed by atoms with Crippen LogP contribution in [0.1, 0.15) is 12.5 Å². The first-order valence-corrected chi connectivity index (χ1v) is 7.14. The van der Waals surface area contributed by atoms with E-state index < -0.39 is 12.1 Å². The zero-order valence-electron chi connectivity index (χ0n) is 12.4. The van der Waals surface area contributed by atoms with Crippen LogP contribution in [0.25, 0.3) is 6.08 Å². The first-order chi connectivity index (χ1) is 10.6. The Hall–Kier alpha value is -2.34. The highest BCUT2D eigenvalue weighted by Crippen LogP contribution is 2.13. The zero-order valence-corrected chi connectivity index (χ0v) is 12.4. The van der Waals surface area contributed by atoms with E-state index in [-0.39, 0.29) is 19.1 Å². The third-order valence-corrected chi connectivity index (χ3v) is 3.26. The molecule has 1 unspecified atom stereocenters. The lowest BCUT2D eigenvalue weighted by atomic mass is 10.2. The summed E-state index contributed by atoms with van der Waals surface area (Å²) in [5, 5.41) is 8.92. The molecule has 1 fully saturated rings. The Balaban J connectivity index is 1.94. The molecule has 6 heteroatoms. The second kappa shape index (κ2) is 7.61. The predicted molar refractivity (Wildman–Crippen MR) is 80.6 cm³/mol. The van der Waals surface area contributed by atoms with E-state index >= 15 is 0 Å². The number of carbonyl (C=O) groups excluding carboxylic acids is 1. The lowest BCUT2D eigenvalue weighted by Crippen LogP contribution is -2.48. The lowest BCUT2D eigenvalue weighted by Gasteiger charge is -2.30. The average Bonchev–Trinajstić information content (AvgIpc) is 2.54. The molecule has 0 spiro atoms. The summed E-state index contributed by atoms with van der Waals surface area (Å²) in [6.07, 6.45) is 2.19. The number of carbonyl (C=O) groups is 2. The Bertz CT molecular complexity index is 552.